The first-order valence-electron chi connectivity index (χ1n) is 8.51. The van der Waals surface area contributed by atoms with Crippen molar-refractivity contribution in [1.82, 2.24) is 10.3 Å². The minimum atomic E-state index is 0.0673. The van der Waals surface area contributed by atoms with Gasteiger partial charge in [0.2, 0.25) is 5.91 Å². The molecule has 2 aliphatic rings. The molecule has 0 radical (unpaired) electrons. The van der Waals surface area contributed by atoms with E-state index < -0.39 is 0 Å². The fourth-order valence-electron chi connectivity index (χ4n) is 3.68. The second-order valence-electron chi connectivity index (χ2n) is 6.90. The van der Waals surface area contributed by atoms with Crippen LogP contribution in [0.15, 0.2) is 42.6 Å². The Morgan fingerprint density at radius 2 is 1.83 bits per heavy atom. The van der Waals surface area contributed by atoms with Crippen LogP contribution >= 0.6 is 0 Å². The van der Waals surface area contributed by atoms with Crippen LogP contribution in [0.3, 0.4) is 0 Å². The lowest BCUT2D eigenvalue weighted by Crippen LogP contribution is -2.36. The molecule has 3 heteroatoms. The van der Waals surface area contributed by atoms with E-state index in [4.69, 9.17) is 0 Å². The topological polar surface area (TPSA) is 42.0 Å². The van der Waals surface area contributed by atoms with Crippen molar-refractivity contribution < 1.29 is 4.79 Å². The van der Waals surface area contributed by atoms with Crippen LogP contribution in [0.4, 0.5) is 0 Å². The summed E-state index contributed by atoms with van der Waals surface area (Å²) in [6, 6.07) is 12.5. The Labute approximate surface area is 137 Å². The highest BCUT2D eigenvalue weighted by atomic mass is 16.2. The smallest absolute Gasteiger partial charge is 0.224 e. The van der Waals surface area contributed by atoms with Gasteiger partial charge in [0.15, 0.2) is 0 Å². The van der Waals surface area contributed by atoms with Crippen LogP contribution in [0.1, 0.15) is 41.3 Å². The third-order valence-corrected chi connectivity index (χ3v) is 5.16. The van der Waals surface area contributed by atoms with E-state index in [9.17, 15) is 4.79 Å². The third kappa shape index (κ3) is 2.88. The third-order valence-electron chi connectivity index (χ3n) is 5.16. The summed E-state index contributed by atoms with van der Waals surface area (Å²) in [6.07, 6.45) is 5.92. The Morgan fingerprint density at radius 1 is 1.13 bits per heavy atom. The van der Waals surface area contributed by atoms with Crippen molar-refractivity contribution in [3.05, 3.63) is 65.0 Å². The molecule has 23 heavy (non-hydrogen) atoms. The summed E-state index contributed by atoms with van der Waals surface area (Å²) < 4.78 is 0. The number of aromatic nitrogens is 1. The molecule has 1 fully saturated rings. The van der Waals surface area contributed by atoms with Gasteiger partial charge < -0.3 is 5.32 Å². The molecule has 1 saturated carbocycles. The van der Waals surface area contributed by atoms with Crippen molar-refractivity contribution >= 4 is 5.91 Å². The van der Waals surface area contributed by atoms with Gasteiger partial charge >= 0.3 is 0 Å². The van der Waals surface area contributed by atoms with E-state index in [-0.39, 0.29) is 17.9 Å². The Balaban J connectivity index is 1.50. The Hall–Kier alpha value is -2.16. The van der Waals surface area contributed by atoms with E-state index in [1.165, 1.54) is 29.5 Å². The standard InChI is InChI=1S/C20H22N2O/c1-13-5-4-10-21-18(13)19(14-8-9-14)22-20(23)17-11-15-6-2-3-7-16(15)12-17/h2-7,10,14,17,19H,8-9,11-12H2,1H3,(H,22,23)/t19-/m0/s1. The fourth-order valence-corrected chi connectivity index (χ4v) is 3.68. The summed E-state index contributed by atoms with van der Waals surface area (Å²) in [5.41, 5.74) is 4.85. The van der Waals surface area contributed by atoms with E-state index in [1.807, 2.05) is 12.3 Å². The van der Waals surface area contributed by atoms with Gasteiger partial charge in [0, 0.05) is 12.1 Å². The molecule has 1 aromatic heterocycles. The van der Waals surface area contributed by atoms with Crippen molar-refractivity contribution in [3.8, 4) is 0 Å². The van der Waals surface area contributed by atoms with E-state index in [1.54, 1.807) is 0 Å². The highest BCUT2D eigenvalue weighted by molar-refractivity contribution is 5.80. The summed E-state index contributed by atoms with van der Waals surface area (Å²) in [7, 11) is 0. The maximum atomic E-state index is 12.8. The molecule has 3 nitrogen and oxygen atoms in total. The van der Waals surface area contributed by atoms with Gasteiger partial charge in [-0.25, -0.2) is 0 Å². The predicted octanol–water partition coefficient (Wildman–Crippen LogP) is 3.37. The van der Waals surface area contributed by atoms with Crippen molar-refractivity contribution in [3.63, 3.8) is 0 Å². The predicted molar refractivity (Wildman–Crippen MR) is 89.9 cm³/mol. The normalized spacial score (nSPS) is 18.5. The highest BCUT2D eigenvalue weighted by Crippen LogP contribution is 2.41. The molecule has 2 aliphatic carbocycles. The van der Waals surface area contributed by atoms with Gasteiger partial charge in [-0.2, -0.15) is 0 Å². The molecule has 0 bridgehead atoms. The van der Waals surface area contributed by atoms with E-state index in [0.29, 0.717) is 5.92 Å². The number of nitrogens with zero attached hydrogens (tertiary/aromatic N) is 1. The lowest BCUT2D eigenvalue weighted by atomic mass is 10.0. The molecule has 1 N–H and O–H groups in total. The molecule has 0 saturated heterocycles. The quantitative estimate of drug-likeness (QED) is 0.941. The number of aryl methyl sites for hydroxylation is 1. The van der Waals surface area contributed by atoms with Crippen LogP contribution in [0.2, 0.25) is 0 Å². The number of pyridine rings is 1. The average Bonchev–Trinajstić information content (AvgIpc) is 3.31. The zero-order valence-electron chi connectivity index (χ0n) is 13.5. The number of fused-ring (bicyclic) bond motifs is 1. The largest absolute Gasteiger partial charge is 0.347 e. The summed E-state index contributed by atoms with van der Waals surface area (Å²) >= 11 is 0. The number of benzene rings is 1. The van der Waals surface area contributed by atoms with E-state index in [2.05, 4.69) is 47.6 Å². The molecule has 118 valence electrons. The summed E-state index contributed by atoms with van der Waals surface area (Å²) in [6.45, 7) is 2.08. The second-order valence-corrected chi connectivity index (χ2v) is 6.90. The Kier molecular flexibility index (Phi) is 3.64. The molecule has 1 aromatic carbocycles. The van der Waals surface area contributed by atoms with Crippen LogP contribution in [0.5, 0.6) is 0 Å². The molecular formula is C20H22N2O. The molecular weight excluding hydrogens is 284 g/mol. The monoisotopic (exact) mass is 306 g/mol. The number of carbonyl (C=O) groups excluding carboxylic acids is 1. The summed E-state index contributed by atoms with van der Waals surface area (Å²) in [4.78, 5) is 17.3. The van der Waals surface area contributed by atoms with Crippen molar-refractivity contribution in [1.29, 1.82) is 0 Å². The van der Waals surface area contributed by atoms with Gasteiger partial charge in [-0.15, -0.1) is 0 Å². The molecule has 0 aliphatic heterocycles. The van der Waals surface area contributed by atoms with Crippen molar-refractivity contribution in [2.45, 2.75) is 38.6 Å². The summed E-state index contributed by atoms with van der Waals surface area (Å²) in [5, 5.41) is 3.31. The maximum Gasteiger partial charge on any atom is 0.224 e. The first kappa shape index (κ1) is 14.4. The van der Waals surface area contributed by atoms with E-state index in [0.717, 1.165) is 18.5 Å². The van der Waals surface area contributed by atoms with Gasteiger partial charge in [-0.1, -0.05) is 30.3 Å². The van der Waals surface area contributed by atoms with Crippen LogP contribution in [-0.4, -0.2) is 10.9 Å². The van der Waals surface area contributed by atoms with Crippen LogP contribution < -0.4 is 5.32 Å². The van der Waals surface area contributed by atoms with Gasteiger partial charge in [-0.05, 0) is 61.3 Å². The zero-order valence-corrected chi connectivity index (χ0v) is 13.5. The van der Waals surface area contributed by atoms with Gasteiger partial charge in [-0.3, -0.25) is 9.78 Å². The van der Waals surface area contributed by atoms with E-state index >= 15 is 0 Å². The van der Waals surface area contributed by atoms with Crippen molar-refractivity contribution in [2.24, 2.45) is 11.8 Å². The number of hydrogen-bond donors (Lipinski definition) is 1. The average molecular weight is 306 g/mol. The van der Waals surface area contributed by atoms with Crippen LogP contribution in [0, 0.1) is 18.8 Å². The lowest BCUT2D eigenvalue weighted by molar-refractivity contribution is -0.125. The van der Waals surface area contributed by atoms with Crippen LogP contribution in [-0.2, 0) is 17.6 Å². The number of amides is 1. The van der Waals surface area contributed by atoms with Gasteiger partial charge in [0.1, 0.15) is 0 Å². The number of rotatable bonds is 4. The number of nitrogens with one attached hydrogen (secondary N) is 1. The number of hydrogen-bond acceptors (Lipinski definition) is 2. The maximum absolute atomic E-state index is 12.8. The van der Waals surface area contributed by atoms with Crippen LogP contribution in [0.25, 0.3) is 0 Å². The van der Waals surface area contributed by atoms with Gasteiger partial charge in [0.05, 0.1) is 11.7 Å². The molecule has 1 amide bonds. The minimum absolute atomic E-state index is 0.0673. The fraction of sp³-hybridized carbons (Fsp3) is 0.400. The van der Waals surface area contributed by atoms with Crippen molar-refractivity contribution in [2.75, 3.05) is 0 Å². The molecule has 2 aromatic rings. The molecule has 1 atom stereocenters. The molecule has 4 rings (SSSR count). The highest BCUT2D eigenvalue weighted by Gasteiger charge is 2.37. The lowest BCUT2D eigenvalue weighted by Gasteiger charge is -2.21. The second kappa shape index (κ2) is 5.80. The Morgan fingerprint density at radius 3 is 2.43 bits per heavy atom. The zero-order chi connectivity index (χ0) is 15.8. The first-order chi connectivity index (χ1) is 11.2. The molecule has 0 unspecified atom stereocenters. The summed E-state index contributed by atoms with van der Waals surface area (Å²) in [5.74, 6) is 0.803. The molecule has 1 heterocycles. The SMILES string of the molecule is Cc1cccnc1[C@@H](NC(=O)C1Cc2ccccc2C1)C1CC1. The Bertz CT molecular complexity index is 711. The molecule has 0 spiro atoms. The number of carbonyl (C=O) groups is 1. The minimum Gasteiger partial charge on any atom is -0.347 e. The first-order valence-corrected chi connectivity index (χ1v) is 8.51. The van der Waals surface area contributed by atoms with Gasteiger partial charge in [0.25, 0.3) is 0 Å².